The summed E-state index contributed by atoms with van der Waals surface area (Å²) in [4.78, 5) is 4.38. The quantitative estimate of drug-likeness (QED) is 0.772. The molecule has 0 bridgehead atoms. The van der Waals surface area contributed by atoms with Gasteiger partial charge in [0.05, 0.1) is 11.7 Å². The fourth-order valence-corrected chi connectivity index (χ4v) is 3.49. The number of rotatable bonds is 2. The number of nitrogens with two attached hydrogens (primary N) is 1. The maximum absolute atomic E-state index is 6.36. The number of nitrogens with zero attached hydrogens (tertiary/aromatic N) is 1. The Hall–Kier alpha value is -1.23. The molecule has 3 aromatic rings. The van der Waals surface area contributed by atoms with E-state index in [2.05, 4.69) is 44.5 Å². The minimum atomic E-state index is -0.206. The van der Waals surface area contributed by atoms with E-state index in [4.69, 9.17) is 5.73 Å². The Balaban J connectivity index is 2.15. The molecule has 0 saturated carbocycles. The SMILES string of the molecule is NC(c1ncccc1Br)c1cccc2ccsc12. The Morgan fingerprint density at radius 3 is 2.89 bits per heavy atom. The van der Waals surface area contributed by atoms with Crippen LogP contribution in [0.2, 0.25) is 0 Å². The van der Waals surface area contributed by atoms with Crippen molar-refractivity contribution in [2.45, 2.75) is 6.04 Å². The van der Waals surface area contributed by atoms with Crippen LogP contribution in [-0.2, 0) is 0 Å². The highest BCUT2D eigenvalue weighted by atomic mass is 79.9. The second kappa shape index (κ2) is 4.80. The van der Waals surface area contributed by atoms with Crippen LogP contribution in [0.25, 0.3) is 10.1 Å². The lowest BCUT2D eigenvalue weighted by atomic mass is 10.0. The first-order valence-corrected chi connectivity index (χ1v) is 7.27. The number of aromatic nitrogens is 1. The molecule has 2 N–H and O–H groups in total. The summed E-state index contributed by atoms with van der Waals surface area (Å²) in [6.07, 6.45) is 1.77. The van der Waals surface area contributed by atoms with Crippen LogP contribution in [-0.4, -0.2) is 4.98 Å². The van der Waals surface area contributed by atoms with Gasteiger partial charge in [0.1, 0.15) is 0 Å². The summed E-state index contributed by atoms with van der Waals surface area (Å²) in [6, 6.07) is 12.0. The lowest BCUT2D eigenvalue weighted by Crippen LogP contribution is -2.14. The molecular formula is C14H11BrN2S. The molecule has 2 heterocycles. The molecular weight excluding hydrogens is 308 g/mol. The molecule has 0 spiro atoms. The average Bonchev–Trinajstić information content (AvgIpc) is 2.86. The van der Waals surface area contributed by atoms with Crippen molar-refractivity contribution in [3.63, 3.8) is 0 Å². The van der Waals surface area contributed by atoms with E-state index in [-0.39, 0.29) is 6.04 Å². The third-order valence-electron chi connectivity index (χ3n) is 2.93. The monoisotopic (exact) mass is 318 g/mol. The van der Waals surface area contributed by atoms with E-state index in [1.165, 1.54) is 10.1 Å². The molecule has 0 aliphatic rings. The summed E-state index contributed by atoms with van der Waals surface area (Å²) in [6.45, 7) is 0. The third-order valence-corrected chi connectivity index (χ3v) is 4.58. The van der Waals surface area contributed by atoms with Gasteiger partial charge in [0.2, 0.25) is 0 Å². The normalized spacial score (nSPS) is 12.8. The van der Waals surface area contributed by atoms with Gasteiger partial charge in [-0.15, -0.1) is 11.3 Å². The predicted octanol–water partition coefficient (Wildman–Crippen LogP) is 4.11. The van der Waals surface area contributed by atoms with Gasteiger partial charge >= 0.3 is 0 Å². The number of hydrogen-bond acceptors (Lipinski definition) is 3. The van der Waals surface area contributed by atoms with Gasteiger partial charge in [0.15, 0.2) is 0 Å². The molecule has 1 unspecified atom stereocenters. The third kappa shape index (κ3) is 1.96. The summed E-state index contributed by atoms with van der Waals surface area (Å²) in [5.41, 5.74) is 8.36. The molecule has 0 aliphatic heterocycles. The van der Waals surface area contributed by atoms with Crippen molar-refractivity contribution in [2.24, 2.45) is 5.73 Å². The Kier molecular flexibility index (Phi) is 3.16. The van der Waals surface area contributed by atoms with Gasteiger partial charge < -0.3 is 5.73 Å². The molecule has 0 saturated heterocycles. The largest absolute Gasteiger partial charge is 0.319 e. The molecule has 0 aliphatic carbocycles. The first-order valence-electron chi connectivity index (χ1n) is 5.59. The Labute approximate surface area is 118 Å². The van der Waals surface area contributed by atoms with Crippen LogP contribution in [0, 0.1) is 0 Å². The summed E-state index contributed by atoms with van der Waals surface area (Å²) in [5, 5.41) is 3.33. The minimum absolute atomic E-state index is 0.206. The topological polar surface area (TPSA) is 38.9 Å². The lowest BCUT2D eigenvalue weighted by Gasteiger charge is -2.14. The molecule has 0 amide bonds. The van der Waals surface area contributed by atoms with Crippen molar-refractivity contribution in [1.82, 2.24) is 4.98 Å². The highest BCUT2D eigenvalue weighted by Gasteiger charge is 2.16. The van der Waals surface area contributed by atoms with E-state index in [1.807, 2.05) is 18.2 Å². The fraction of sp³-hybridized carbons (Fsp3) is 0.0714. The maximum Gasteiger partial charge on any atom is 0.0758 e. The van der Waals surface area contributed by atoms with E-state index in [9.17, 15) is 0 Å². The van der Waals surface area contributed by atoms with Gasteiger partial charge in [-0.2, -0.15) is 0 Å². The lowest BCUT2D eigenvalue weighted by molar-refractivity contribution is 0.831. The molecule has 0 fully saturated rings. The van der Waals surface area contributed by atoms with Crippen molar-refractivity contribution in [2.75, 3.05) is 0 Å². The number of halogens is 1. The molecule has 1 aromatic carbocycles. The molecule has 0 radical (unpaired) electrons. The summed E-state index contributed by atoms with van der Waals surface area (Å²) in [5.74, 6) is 0. The molecule has 90 valence electrons. The van der Waals surface area contributed by atoms with E-state index in [0.29, 0.717) is 0 Å². The summed E-state index contributed by atoms with van der Waals surface area (Å²) in [7, 11) is 0. The van der Waals surface area contributed by atoms with Gasteiger partial charge in [0.25, 0.3) is 0 Å². The zero-order valence-corrected chi connectivity index (χ0v) is 11.9. The zero-order chi connectivity index (χ0) is 12.5. The van der Waals surface area contributed by atoms with Crippen LogP contribution >= 0.6 is 27.3 Å². The second-order valence-corrected chi connectivity index (χ2v) is 5.80. The zero-order valence-electron chi connectivity index (χ0n) is 9.51. The van der Waals surface area contributed by atoms with E-state index >= 15 is 0 Å². The molecule has 18 heavy (non-hydrogen) atoms. The van der Waals surface area contributed by atoms with Crippen molar-refractivity contribution in [3.8, 4) is 0 Å². The van der Waals surface area contributed by atoms with Crippen LogP contribution in [0.1, 0.15) is 17.3 Å². The minimum Gasteiger partial charge on any atom is -0.319 e. The summed E-state index contributed by atoms with van der Waals surface area (Å²) < 4.78 is 2.19. The Morgan fingerprint density at radius 1 is 1.17 bits per heavy atom. The van der Waals surface area contributed by atoms with Crippen LogP contribution in [0.15, 0.2) is 52.4 Å². The van der Waals surface area contributed by atoms with Crippen molar-refractivity contribution in [1.29, 1.82) is 0 Å². The highest BCUT2D eigenvalue weighted by Crippen LogP contribution is 2.32. The molecule has 1 atom stereocenters. The second-order valence-electron chi connectivity index (χ2n) is 4.03. The van der Waals surface area contributed by atoms with Crippen LogP contribution in [0.3, 0.4) is 0 Å². The maximum atomic E-state index is 6.36. The number of hydrogen-bond donors (Lipinski definition) is 1. The number of benzene rings is 1. The van der Waals surface area contributed by atoms with Crippen LogP contribution in [0.4, 0.5) is 0 Å². The standard InChI is InChI=1S/C14H11BrN2S/c15-11-5-2-7-17-13(11)12(16)10-4-1-3-9-6-8-18-14(9)10/h1-8,12H,16H2. The van der Waals surface area contributed by atoms with E-state index in [0.717, 1.165) is 15.7 Å². The highest BCUT2D eigenvalue weighted by molar-refractivity contribution is 9.10. The van der Waals surface area contributed by atoms with Crippen molar-refractivity contribution in [3.05, 3.63) is 63.7 Å². The predicted molar refractivity (Wildman–Crippen MR) is 79.8 cm³/mol. The average molecular weight is 319 g/mol. The fourth-order valence-electron chi connectivity index (χ4n) is 2.04. The molecule has 4 heteroatoms. The van der Waals surface area contributed by atoms with Crippen molar-refractivity contribution < 1.29 is 0 Å². The van der Waals surface area contributed by atoms with Gasteiger partial charge in [0, 0.05) is 15.4 Å². The number of fused-ring (bicyclic) bond motifs is 1. The van der Waals surface area contributed by atoms with Gasteiger partial charge in [-0.25, -0.2) is 0 Å². The van der Waals surface area contributed by atoms with Crippen molar-refractivity contribution >= 4 is 37.4 Å². The smallest absolute Gasteiger partial charge is 0.0758 e. The number of thiophene rings is 1. The first-order chi connectivity index (χ1) is 8.77. The van der Waals surface area contributed by atoms with Gasteiger partial charge in [-0.3, -0.25) is 4.98 Å². The van der Waals surface area contributed by atoms with E-state index < -0.39 is 0 Å². The van der Waals surface area contributed by atoms with Crippen LogP contribution < -0.4 is 5.73 Å². The first kappa shape index (κ1) is 11.8. The van der Waals surface area contributed by atoms with E-state index in [1.54, 1.807) is 17.5 Å². The molecule has 3 rings (SSSR count). The van der Waals surface area contributed by atoms with Crippen LogP contribution in [0.5, 0.6) is 0 Å². The molecule has 2 nitrogen and oxygen atoms in total. The number of pyridine rings is 1. The van der Waals surface area contributed by atoms with Gasteiger partial charge in [-0.1, -0.05) is 18.2 Å². The molecule has 2 aromatic heterocycles. The van der Waals surface area contributed by atoms with Gasteiger partial charge in [-0.05, 0) is 50.5 Å². The Morgan fingerprint density at radius 2 is 2.06 bits per heavy atom. The summed E-state index contributed by atoms with van der Waals surface area (Å²) >= 11 is 5.23. The Bertz CT molecular complexity index is 693.